The molecular weight excluding hydrogens is 225 g/mol. The van der Waals surface area contributed by atoms with E-state index in [1.807, 2.05) is 0 Å². The van der Waals surface area contributed by atoms with Crippen molar-refractivity contribution < 1.29 is 4.39 Å². The molecule has 1 heterocycles. The summed E-state index contributed by atoms with van der Waals surface area (Å²) in [6.07, 6.45) is 1.17. The largest absolute Gasteiger partial charge is 0.349 e. The van der Waals surface area contributed by atoms with Crippen LogP contribution in [0.2, 0.25) is 0 Å². The van der Waals surface area contributed by atoms with E-state index < -0.39 is 17.1 Å². The standard InChI is InChI=1S/C11H10FN3O2/c12-9-4-2-1-3-8(9)7-14-10(16)5-6-15(13)11(14)17/h1-6H,7,13H2. The molecule has 0 spiro atoms. The molecule has 0 fully saturated rings. The fourth-order valence-electron chi connectivity index (χ4n) is 1.47. The molecule has 0 saturated heterocycles. The van der Waals surface area contributed by atoms with Crippen LogP contribution in [0.4, 0.5) is 4.39 Å². The molecule has 1 aromatic carbocycles. The minimum atomic E-state index is -0.680. The number of nitrogen functional groups attached to an aromatic ring is 1. The zero-order chi connectivity index (χ0) is 12.4. The summed E-state index contributed by atoms with van der Waals surface area (Å²) in [5, 5.41) is 0. The van der Waals surface area contributed by atoms with Crippen molar-refractivity contribution in [2.24, 2.45) is 0 Å². The summed E-state index contributed by atoms with van der Waals surface area (Å²) in [5.74, 6) is 4.87. The molecule has 5 nitrogen and oxygen atoms in total. The second kappa shape index (κ2) is 4.25. The Kier molecular flexibility index (Phi) is 2.78. The number of nitrogens with two attached hydrogens (primary N) is 1. The highest BCUT2D eigenvalue weighted by Gasteiger charge is 2.07. The van der Waals surface area contributed by atoms with Crippen molar-refractivity contribution >= 4 is 0 Å². The van der Waals surface area contributed by atoms with Gasteiger partial charge in [-0.3, -0.25) is 9.36 Å². The molecule has 0 unspecified atom stereocenters. The van der Waals surface area contributed by atoms with E-state index in [4.69, 9.17) is 5.84 Å². The third kappa shape index (κ3) is 2.10. The quantitative estimate of drug-likeness (QED) is 0.739. The summed E-state index contributed by atoms with van der Waals surface area (Å²) >= 11 is 0. The highest BCUT2D eigenvalue weighted by atomic mass is 19.1. The third-order valence-corrected chi connectivity index (χ3v) is 2.38. The normalized spacial score (nSPS) is 10.4. The lowest BCUT2D eigenvalue weighted by atomic mass is 10.2. The van der Waals surface area contributed by atoms with E-state index in [1.54, 1.807) is 6.07 Å². The fourth-order valence-corrected chi connectivity index (χ4v) is 1.47. The molecular formula is C11H10FN3O2. The Bertz CT molecular complexity index is 660. The molecule has 0 radical (unpaired) electrons. The van der Waals surface area contributed by atoms with E-state index >= 15 is 0 Å². The minimum Gasteiger partial charge on any atom is -0.335 e. The van der Waals surface area contributed by atoms with Gasteiger partial charge in [-0.2, -0.15) is 0 Å². The van der Waals surface area contributed by atoms with Gasteiger partial charge in [0.25, 0.3) is 5.56 Å². The summed E-state index contributed by atoms with van der Waals surface area (Å²) in [4.78, 5) is 23.1. The predicted molar refractivity (Wildman–Crippen MR) is 60.6 cm³/mol. The van der Waals surface area contributed by atoms with Crippen molar-refractivity contribution in [2.75, 3.05) is 5.84 Å². The van der Waals surface area contributed by atoms with Crippen molar-refractivity contribution in [1.82, 2.24) is 9.24 Å². The van der Waals surface area contributed by atoms with Crippen molar-refractivity contribution in [3.63, 3.8) is 0 Å². The number of hydrogen-bond acceptors (Lipinski definition) is 3. The fraction of sp³-hybridized carbons (Fsp3) is 0.0909. The molecule has 17 heavy (non-hydrogen) atoms. The molecule has 2 N–H and O–H groups in total. The Balaban J connectivity index is 2.51. The summed E-state index contributed by atoms with van der Waals surface area (Å²) in [7, 11) is 0. The average Bonchev–Trinajstić information content (AvgIpc) is 2.32. The Labute approximate surface area is 95.5 Å². The van der Waals surface area contributed by atoms with E-state index in [1.165, 1.54) is 24.4 Å². The summed E-state index contributed by atoms with van der Waals surface area (Å²) in [6, 6.07) is 7.10. The Morgan fingerprint density at radius 1 is 1.18 bits per heavy atom. The van der Waals surface area contributed by atoms with Gasteiger partial charge in [0.2, 0.25) is 0 Å². The number of rotatable bonds is 2. The lowest BCUT2D eigenvalue weighted by Gasteiger charge is -2.06. The number of halogens is 1. The highest BCUT2D eigenvalue weighted by molar-refractivity contribution is 5.17. The SMILES string of the molecule is Nn1ccc(=O)n(Cc2ccccc2F)c1=O. The highest BCUT2D eigenvalue weighted by Crippen LogP contribution is 2.06. The molecule has 1 aromatic heterocycles. The summed E-state index contributed by atoms with van der Waals surface area (Å²) < 4.78 is 15.0. The third-order valence-electron chi connectivity index (χ3n) is 2.38. The number of benzene rings is 1. The second-order valence-corrected chi connectivity index (χ2v) is 3.52. The van der Waals surface area contributed by atoms with E-state index in [0.29, 0.717) is 0 Å². The molecule has 88 valence electrons. The van der Waals surface area contributed by atoms with Crippen LogP contribution in [-0.4, -0.2) is 9.24 Å². The molecule has 2 rings (SSSR count). The van der Waals surface area contributed by atoms with Gasteiger partial charge < -0.3 is 5.84 Å². The van der Waals surface area contributed by atoms with E-state index in [0.717, 1.165) is 15.3 Å². The second-order valence-electron chi connectivity index (χ2n) is 3.52. The Morgan fingerprint density at radius 3 is 2.59 bits per heavy atom. The average molecular weight is 235 g/mol. The molecule has 0 aliphatic carbocycles. The van der Waals surface area contributed by atoms with Crippen LogP contribution < -0.4 is 17.1 Å². The lowest BCUT2D eigenvalue weighted by Crippen LogP contribution is -2.42. The van der Waals surface area contributed by atoms with Gasteiger partial charge >= 0.3 is 5.69 Å². The van der Waals surface area contributed by atoms with Crippen LogP contribution in [0.1, 0.15) is 5.56 Å². The maximum atomic E-state index is 13.4. The molecule has 0 amide bonds. The van der Waals surface area contributed by atoms with Gasteiger partial charge in [0.1, 0.15) is 5.82 Å². The number of aromatic nitrogens is 2. The van der Waals surface area contributed by atoms with Crippen LogP contribution in [-0.2, 0) is 6.54 Å². The summed E-state index contributed by atoms with van der Waals surface area (Å²) in [6.45, 7) is -0.137. The Morgan fingerprint density at radius 2 is 1.88 bits per heavy atom. The van der Waals surface area contributed by atoms with Crippen LogP contribution >= 0.6 is 0 Å². The smallest absolute Gasteiger partial charge is 0.335 e. The first kappa shape index (κ1) is 11.1. The Hall–Kier alpha value is -2.37. The van der Waals surface area contributed by atoms with Gasteiger partial charge in [0, 0.05) is 17.8 Å². The molecule has 2 aromatic rings. The van der Waals surface area contributed by atoms with E-state index in [-0.39, 0.29) is 12.1 Å². The molecule has 0 saturated carbocycles. The molecule has 0 bridgehead atoms. The lowest BCUT2D eigenvalue weighted by molar-refractivity contribution is 0.582. The van der Waals surface area contributed by atoms with Crippen LogP contribution in [0, 0.1) is 5.82 Å². The van der Waals surface area contributed by atoms with Gasteiger partial charge in [-0.15, -0.1) is 0 Å². The molecule has 6 heteroatoms. The first-order chi connectivity index (χ1) is 8.09. The monoisotopic (exact) mass is 235 g/mol. The minimum absolute atomic E-state index is 0.137. The van der Waals surface area contributed by atoms with Crippen LogP contribution in [0.25, 0.3) is 0 Å². The first-order valence-corrected chi connectivity index (χ1v) is 4.90. The van der Waals surface area contributed by atoms with Crippen LogP contribution in [0.5, 0.6) is 0 Å². The molecule has 0 aliphatic rings. The number of hydrogen-bond donors (Lipinski definition) is 1. The molecule has 0 atom stereocenters. The van der Waals surface area contributed by atoms with Crippen molar-refractivity contribution in [2.45, 2.75) is 6.54 Å². The van der Waals surface area contributed by atoms with Crippen molar-refractivity contribution in [3.8, 4) is 0 Å². The van der Waals surface area contributed by atoms with Gasteiger partial charge in [-0.05, 0) is 6.07 Å². The van der Waals surface area contributed by atoms with Crippen LogP contribution in [0.3, 0.4) is 0 Å². The van der Waals surface area contributed by atoms with E-state index in [2.05, 4.69) is 0 Å². The van der Waals surface area contributed by atoms with Gasteiger partial charge in [0.05, 0.1) is 6.54 Å². The molecule has 0 aliphatic heterocycles. The van der Waals surface area contributed by atoms with Crippen molar-refractivity contribution in [3.05, 3.63) is 68.7 Å². The van der Waals surface area contributed by atoms with Crippen LogP contribution in [0.15, 0.2) is 46.1 Å². The van der Waals surface area contributed by atoms with Gasteiger partial charge in [-0.1, -0.05) is 18.2 Å². The van der Waals surface area contributed by atoms with Gasteiger partial charge in [-0.25, -0.2) is 13.9 Å². The maximum absolute atomic E-state index is 13.4. The zero-order valence-electron chi connectivity index (χ0n) is 8.84. The number of nitrogens with zero attached hydrogens (tertiary/aromatic N) is 2. The topological polar surface area (TPSA) is 70.0 Å². The van der Waals surface area contributed by atoms with Gasteiger partial charge in [0.15, 0.2) is 0 Å². The predicted octanol–water partition coefficient (Wildman–Crippen LogP) is -0.0888. The first-order valence-electron chi connectivity index (χ1n) is 4.90. The maximum Gasteiger partial charge on any atom is 0.349 e. The summed E-state index contributed by atoms with van der Waals surface area (Å²) in [5.41, 5.74) is -0.932. The van der Waals surface area contributed by atoms with Crippen molar-refractivity contribution in [1.29, 1.82) is 0 Å². The zero-order valence-corrected chi connectivity index (χ0v) is 8.84. The van der Waals surface area contributed by atoms with E-state index in [9.17, 15) is 14.0 Å².